The molecule has 3 N–H and O–H groups in total. The molecule has 0 spiro atoms. The minimum atomic E-state index is -0.440. The van der Waals surface area contributed by atoms with Crippen LogP contribution in [0.2, 0.25) is 0 Å². The number of benzene rings is 1. The topological polar surface area (TPSA) is 58.4 Å². The molecule has 0 aliphatic rings. The molecule has 1 aromatic carbocycles. The van der Waals surface area contributed by atoms with Gasteiger partial charge in [-0.15, -0.1) is 0 Å². The molecule has 2 unspecified atom stereocenters. The van der Waals surface area contributed by atoms with Gasteiger partial charge >= 0.3 is 0 Å². The van der Waals surface area contributed by atoms with Crippen LogP contribution in [0.15, 0.2) is 30.3 Å². The van der Waals surface area contributed by atoms with Crippen LogP contribution in [0.1, 0.15) is 18.9 Å². The number of hydrogen-bond acceptors (Lipinski definition) is 3. The third-order valence-electron chi connectivity index (χ3n) is 2.95. The quantitative estimate of drug-likeness (QED) is 0.772. The fraction of sp³-hybridized carbons (Fsp3) is 0.533. The van der Waals surface area contributed by atoms with Crippen LogP contribution < -0.4 is 11.1 Å². The lowest BCUT2D eigenvalue weighted by molar-refractivity contribution is -0.123. The summed E-state index contributed by atoms with van der Waals surface area (Å²) in [7, 11) is 3.97. The summed E-state index contributed by atoms with van der Waals surface area (Å²) in [5.74, 6) is -0.0646. The maximum atomic E-state index is 11.9. The largest absolute Gasteiger partial charge is 0.351 e. The van der Waals surface area contributed by atoms with Crippen molar-refractivity contribution in [1.82, 2.24) is 10.2 Å². The number of likely N-dealkylation sites (N-methyl/N-ethyl adjacent to an activating group) is 1. The van der Waals surface area contributed by atoms with E-state index in [2.05, 4.69) is 17.4 Å². The zero-order valence-corrected chi connectivity index (χ0v) is 12.1. The summed E-state index contributed by atoms with van der Waals surface area (Å²) in [4.78, 5) is 13.9. The summed E-state index contributed by atoms with van der Waals surface area (Å²) in [5, 5.41) is 2.94. The molecule has 0 aliphatic carbocycles. The van der Waals surface area contributed by atoms with Crippen LogP contribution in [-0.4, -0.2) is 43.5 Å². The monoisotopic (exact) mass is 263 g/mol. The third-order valence-corrected chi connectivity index (χ3v) is 2.95. The zero-order valence-electron chi connectivity index (χ0n) is 12.1. The molecule has 4 nitrogen and oxygen atoms in total. The van der Waals surface area contributed by atoms with Crippen molar-refractivity contribution in [3.05, 3.63) is 35.9 Å². The van der Waals surface area contributed by atoms with Crippen molar-refractivity contribution in [1.29, 1.82) is 0 Å². The molecule has 19 heavy (non-hydrogen) atoms. The van der Waals surface area contributed by atoms with Crippen LogP contribution in [0.5, 0.6) is 0 Å². The van der Waals surface area contributed by atoms with E-state index in [1.807, 2.05) is 44.1 Å². The Morgan fingerprint density at radius 1 is 1.32 bits per heavy atom. The van der Waals surface area contributed by atoms with E-state index in [9.17, 15) is 4.79 Å². The molecule has 1 amide bonds. The molecule has 0 saturated heterocycles. The summed E-state index contributed by atoms with van der Waals surface area (Å²) in [6, 6.07) is 9.77. The summed E-state index contributed by atoms with van der Waals surface area (Å²) < 4.78 is 0. The normalized spacial score (nSPS) is 14.2. The van der Waals surface area contributed by atoms with Crippen LogP contribution in [0.25, 0.3) is 0 Å². The van der Waals surface area contributed by atoms with Gasteiger partial charge in [-0.05, 0) is 39.4 Å². The Bertz CT molecular complexity index is 378. The molecule has 0 aliphatic heterocycles. The first-order chi connectivity index (χ1) is 8.99. The van der Waals surface area contributed by atoms with Gasteiger partial charge in [0.15, 0.2) is 0 Å². The number of aryl methyl sites for hydroxylation is 1. The molecular formula is C15H25N3O. The van der Waals surface area contributed by atoms with E-state index in [1.165, 1.54) is 5.56 Å². The van der Waals surface area contributed by atoms with Crippen LogP contribution >= 0.6 is 0 Å². The second-order valence-corrected chi connectivity index (χ2v) is 5.30. The van der Waals surface area contributed by atoms with Crippen LogP contribution in [-0.2, 0) is 11.2 Å². The molecule has 2 atom stereocenters. The maximum Gasteiger partial charge on any atom is 0.237 e. The van der Waals surface area contributed by atoms with E-state index in [1.54, 1.807) is 0 Å². The van der Waals surface area contributed by atoms with Gasteiger partial charge in [0, 0.05) is 12.6 Å². The Morgan fingerprint density at radius 2 is 1.95 bits per heavy atom. The van der Waals surface area contributed by atoms with Crippen molar-refractivity contribution < 1.29 is 4.79 Å². The minimum Gasteiger partial charge on any atom is -0.351 e. The number of carbonyl (C=O) groups excluding carboxylic acids is 1. The van der Waals surface area contributed by atoms with Gasteiger partial charge in [-0.25, -0.2) is 0 Å². The van der Waals surface area contributed by atoms with Gasteiger partial charge in [0.25, 0.3) is 0 Å². The molecule has 0 aromatic heterocycles. The molecule has 106 valence electrons. The summed E-state index contributed by atoms with van der Waals surface area (Å²) in [5.41, 5.74) is 7.13. The number of carbonyl (C=O) groups is 1. The Balaban J connectivity index is 2.32. The van der Waals surface area contributed by atoms with Crippen molar-refractivity contribution >= 4 is 5.91 Å². The Hall–Kier alpha value is -1.39. The fourth-order valence-corrected chi connectivity index (χ4v) is 2.04. The predicted molar refractivity (Wildman–Crippen MR) is 78.9 cm³/mol. The van der Waals surface area contributed by atoms with Crippen LogP contribution in [0.3, 0.4) is 0 Å². The van der Waals surface area contributed by atoms with Gasteiger partial charge in [-0.2, -0.15) is 0 Å². The van der Waals surface area contributed by atoms with E-state index < -0.39 is 6.04 Å². The number of amides is 1. The summed E-state index contributed by atoms with van der Waals surface area (Å²) in [6.07, 6.45) is 1.50. The molecule has 0 bridgehead atoms. The van der Waals surface area contributed by atoms with Gasteiger partial charge in [-0.3, -0.25) is 4.79 Å². The maximum absolute atomic E-state index is 11.9. The molecule has 0 fully saturated rings. The summed E-state index contributed by atoms with van der Waals surface area (Å²) >= 11 is 0. The first-order valence-electron chi connectivity index (χ1n) is 6.73. The molecule has 0 radical (unpaired) electrons. The van der Waals surface area contributed by atoms with Crippen LogP contribution in [0, 0.1) is 0 Å². The average Bonchev–Trinajstić information content (AvgIpc) is 2.36. The zero-order chi connectivity index (χ0) is 14.3. The van der Waals surface area contributed by atoms with E-state index >= 15 is 0 Å². The van der Waals surface area contributed by atoms with Crippen molar-refractivity contribution in [3.63, 3.8) is 0 Å². The minimum absolute atomic E-state index is 0.0646. The highest BCUT2D eigenvalue weighted by molar-refractivity contribution is 5.81. The molecule has 0 heterocycles. The first kappa shape index (κ1) is 15.7. The van der Waals surface area contributed by atoms with Crippen LogP contribution in [0.4, 0.5) is 0 Å². The Labute approximate surface area is 116 Å². The number of nitrogens with zero attached hydrogens (tertiary/aromatic N) is 1. The van der Waals surface area contributed by atoms with Crippen molar-refractivity contribution in [2.75, 3.05) is 20.6 Å². The number of nitrogens with one attached hydrogen (secondary N) is 1. The first-order valence-corrected chi connectivity index (χ1v) is 6.73. The van der Waals surface area contributed by atoms with Crippen molar-refractivity contribution in [2.45, 2.75) is 31.8 Å². The lowest BCUT2D eigenvalue weighted by Crippen LogP contribution is -2.47. The predicted octanol–water partition coefficient (Wildman–Crippen LogP) is 1.01. The summed E-state index contributed by atoms with van der Waals surface area (Å²) in [6.45, 7) is 2.80. The Morgan fingerprint density at radius 3 is 2.53 bits per heavy atom. The SMILES string of the molecule is CC(CN(C)C)NC(=O)C(N)CCc1ccccc1. The number of hydrogen-bond donors (Lipinski definition) is 2. The molecular weight excluding hydrogens is 238 g/mol. The lowest BCUT2D eigenvalue weighted by Gasteiger charge is -2.20. The third kappa shape index (κ3) is 6.36. The van der Waals surface area contributed by atoms with Gasteiger partial charge in [0.2, 0.25) is 5.91 Å². The van der Waals surface area contributed by atoms with E-state index in [0.29, 0.717) is 6.42 Å². The molecule has 4 heteroatoms. The highest BCUT2D eigenvalue weighted by Crippen LogP contribution is 2.04. The Kier molecular flexibility index (Phi) is 6.53. The highest BCUT2D eigenvalue weighted by Gasteiger charge is 2.15. The number of nitrogens with two attached hydrogens (primary N) is 1. The lowest BCUT2D eigenvalue weighted by atomic mass is 10.1. The van der Waals surface area contributed by atoms with Crippen molar-refractivity contribution in [2.24, 2.45) is 5.73 Å². The average molecular weight is 263 g/mol. The number of rotatable bonds is 7. The molecule has 1 aromatic rings. The van der Waals surface area contributed by atoms with Crippen molar-refractivity contribution in [3.8, 4) is 0 Å². The fourth-order valence-electron chi connectivity index (χ4n) is 2.04. The second-order valence-electron chi connectivity index (χ2n) is 5.30. The van der Waals surface area contributed by atoms with E-state index in [-0.39, 0.29) is 11.9 Å². The standard InChI is InChI=1S/C15H25N3O/c1-12(11-18(2)3)17-15(19)14(16)10-9-13-7-5-4-6-8-13/h4-8,12,14H,9-11,16H2,1-3H3,(H,17,19). The van der Waals surface area contributed by atoms with Gasteiger partial charge in [0.1, 0.15) is 0 Å². The molecule has 1 rings (SSSR count). The smallest absolute Gasteiger partial charge is 0.237 e. The van der Waals surface area contributed by atoms with Gasteiger partial charge in [-0.1, -0.05) is 30.3 Å². The van der Waals surface area contributed by atoms with E-state index in [4.69, 9.17) is 5.73 Å². The second kappa shape index (κ2) is 7.92. The van der Waals surface area contributed by atoms with Gasteiger partial charge < -0.3 is 16.0 Å². The highest BCUT2D eigenvalue weighted by atomic mass is 16.2. The molecule has 0 saturated carbocycles. The van der Waals surface area contributed by atoms with E-state index in [0.717, 1.165) is 13.0 Å². The van der Waals surface area contributed by atoms with Gasteiger partial charge in [0.05, 0.1) is 6.04 Å².